The van der Waals surface area contributed by atoms with Crippen molar-refractivity contribution in [3.8, 4) is 18.1 Å². The van der Waals surface area contributed by atoms with Gasteiger partial charge in [0, 0.05) is 11.6 Å². The number of halogens is 2. The van der Waals surface area contributed by atoms with Gasteiger partial charge < -0.3 is 10.1 Å². The molecule has 0 saturated carbocycles. The van der Waals surface area contributed by atoms with Crippen molar-refractivity contribution in [3.63, 3.8) is 0 Å². The molecular weight excluding hydrogens is 277 g/mol. The second-order valence-electron chi connectivity index (χ2n) is 2.80. The molecule has 0 heterocycles. The zero-order chi connectivity index (χ0) is 11.1. The molecule has 0 aromatic heterocycles. The molecule has 1 aromatic rings. The minimum absolute atomic E-state index is 0.561. The van der Waals surface area contributed by atoms with Crippen molar-refractivity contribution in [1.29, 1.82) is 0 Å². The van der Waals surface area contributed by atoms with Gasteiger partial charge in [-0.2, -0.15) is 0 Å². The highest BCUT2D eigenvalue weighted by molar-refractivity contribution is 9.10. The summed E-state index contributed by atoms with van der Waals surface area (Å²) in [7, 11) is 0. The van der Waals surface area contributed by atoms with E-state index in [9.17, 15) is 0 Å². The average Bonchev–Trinajstić information content (AvgIpc) is 2.20. The smallest absolute Gasteiger partial charge is 0.133 e. The molecule has 0 amide bonds. The summed E-state index contributed by atoms with van der Waals surface area (Å²) in [6, 6.07) is 5.41. The first-order chi connectivity index (χ1) is 7.24. The van der Waals surface area contributed by atoms with E-state index in [4.69, 9.17) is 22.8 Å². The maximum Gasteiger partial charge on any atom is 0.133 e. The SMILES string of the molecule is C#CCNCCOc1ccc(Cl)cc1Br. The Bertz CT molecular complexity index is 362. The summed E-state index contributed by atoms with van der Waals surface area (Å²) in [5.74, 6) is 3.27. The first-order valence-corrected chi connectivity index (χ1v) is 5.63. The fraction of sp³-hybridized carbons (Fsp3) is 0.273. The van der Waals surface area contributed by atoms with Crippen LogP contribution in [0, 0.1) is 12.3 Å². The van der Waals surface area contributed by atoms with Gasteiger partial charge in [-0.25, -0.2) is 0 Å². The van der Waals surface area contributed by atoms with Gasteiger partial charge in [0.25, 0.3) is 0 Å². The number of rotatable bonds is 5. The molecule has 0 aliphatic heterocycles. The van der Waals surface area contributed by atoms with Crippen LogP contribution in [0.25, 0.3) is 0 Å². The normalized spacial score (nSPS) is 9.67. The first kappa shape index (κ1) is 12.4. The van der Waals surface area contributed by atoms with E-state index in [-0.39, 0.29) is 0 Å². The fourth-order valence-electron chi connectivity index (χ4n) is 0.986. The Kier molecular flexibility index (Phi) is 5.56. The van der Waals surface area contributed by atoms with Gasteiger partial charge in [0.1, 0.15) is 12.4 Å². The number of terminal acetylenes is 1. The molecule has 2 nitrogen and oxygen atoms in total. The molecule has 4 heteroatoms. The third-order valence-electron chi connectivity index (χ3n) is 1.66. The van der Waals surface area contributed by atoms with Gasteiger partial charge in [-0.3, -0.25) is 0 Å². The summed E-state index contributed by atoms with van der Waals surface area (Å²) in [5, 5.41) is 3.71. The fourth-order valence-corrected chi connectivity index (χ4v) is 1.78. The predicted molar refractivity (Wildman–Crippen MR) is 66.3 cm³/mol. The molecule has 0 spiro atoms. The van der Waals surface area contributed by atoms with E-state index in [1.165, 1.54) is 0 Å². The minimum Gasteiger partial charge on any atom is -0.491 e. The van der Waals surface area contributed by atoms with Crippen LogP contribution in [0.5, 0.6) is 5.75 Å². The van der Waals surface area contributed by atoms with Gasteiger partial charge in [0.15, 0.2) is 0 Å². The molecule has 0 aliphatic rings. The van der Waals surface area contributed by atoms with Gasteiger partial charge in [0.05, 0.1) is 11.0 Å². The number of hydrogen-bond donors (Lipinski definition) is 1. The maximum atomic E-state index is 5.80. The van der Waals surface area contributed by atoms with Crippen molar-refractivity contribution in [2.24, 2.45) is 0 Å². The van der Waals surface area contributed by atoms with Crippen molar-refractivity contribution in [3.05, 3.63) is 27.7 Å². The van der Waals surface area contributed by atoms with Crippen LogP contribution in [0.2, 0.25) is 5.02 Å². The predicted octanol–water partition coefficient (Wildman–Crippen LogP) is 2.70. The zero-order valence-corrected chi connectivity index (χ0v) is 10.4. The molecule has 1 aromatic carbocycles. The highest BCUT2D eigenvalue weighted by atomic mass is 79.9. The summed E-state index contributed by atoms with van der Waals surface area (Å²) >= 11 is 9.17. The largest absolute Gasteiger partial charge is 0.491 e. The number of benzene rings is 1. The molecule has 0 bridgehead atoms. The van der Waals surface area contributed by atoms with E-state index >= 15 is 0 Å². The summed E-state index contributed by atoms with van der Waals surface area (Å²) in [6.07, 6.45) is 5.09. The highest BCUT2D eigenvalue weighted by Crippen LogP contribution is 2.27. The third kappa shape index (κ3) is 4.57. The monoisotopic (exact) mass is 287 g/mol. The minimum atomic E-state index is 0.561. The molecule has 1 N–H and O–H groups in total. The Labute approximate surface area is 103 Å². The second-order valence-corrected chi connectivity index (χ2v) is 4.09. The van der Waals surface area contributed by atoms with Crippen LogP contribution >= 0.6 is 27.5 Å². The van der Waals surface area contributed by atoms with Gasteiger partial charge in [-0.05, 0) is 34.1 Å². The molecule has 0 aliphatic carbocycles. The van der Waals surface area contributed by atoms with Crippen molar-refractivity contribution in [2.45, 2.75) is 0 Å². The summed E-state index contributed by atoms with van der Waals surface area (Å²) in [5.41, 5.74) is 0. The average molecular weight is 289 g/mol. The Morgan fingerprint density at radius 1 is 1.53 bits per heavy atom. The molecule has 1 rings (SSSR count). The lowest BCUT2D eigenvalue weighted by molar-refractivity contribution is 0.315. The van der Waals surface area contributed by atoms with Gasteiger partial charge in [-0.15, -0.1) is 6.42 Å². The van der Waals surface area contributed by atoms with Crippen molar-refractivity contribution < 1.29 is 4.74 Å². The molecular formula is C11H11BrClNO. The van der Waals surface area contributed by atoms with Crippen molar-refractivity contribution in [1.82, 2.24) is 5.32 Å². The van der Waals surface area contributed by atoms with E-state index in [1.54, 1.807) is 12.1 Å². The first-order valence-electron chi connectivity index (χ1n) is 4.46. The summed E-state index contributed by atoms with van der Waals surface area (Å²) in [4.78, 5) is 0. The van der Waals surface area contributed by atoms with E-state index in [0.717, 1.165) is 16.8 Å². The molecule has 0 atom stereocenters. The van der Waals surface area contributed by atoms with E-state index in [0.29, 0.717) is 18.2 Å². The lowest BCUT2D eigenvalue weighted by Gasteiger charge is -2.08. The Balaban J connectivity index is 2.35. The lowest BCUT2D eigenvalue weighted by atomic mass is 10.3. The Morgan fingerprint density at radius 3 is 3.00 bits per heavy atom. The van der Waals surface area contributed by atoms with Gasteiger partial charge in [-0.1, -0.05) is 17.5 Å². The Morgan fingerprint density at radius 2 is 2.33 bits per heavy atom. The molecule has 0 fully saturated rings. The van der Waals surface area contributed by atoms with Crippen LogP contribution in [0.15, 0.2) is 22.7 Å². The highest BCUT2D eigenvalue weighted by Gasteiger charge is 2.00. The molecule has 0 unspecified atom stereocenters. The van der Waals surface area contributed by atoms with Crippen LogP contribution in [-0.4, -0.2) is 19.7 Å². The second kappa shape index (κ2) is 6.73. The summed E-state index contributed by atoms with van der Waals surface area (Å²) in [6.45, 7) is 1.85. The third-order valence-corrected chi connectivity index (χ3v) is 2.51. The van der Waals surface area contributed by atoms with Gasteiger partial charge in [0.2, 0.25) is 0 Å². The van der Waals surface area contributed by atoms with E-state index < -0.39 is 0 Å². The Hall–Kier alpha value is -0.690. The van der Waals surface area contributed by atoms with Gasteiger partial charge >= 0.3 is 0 Å². The number of ether oxygens (including phenoxy) is 1. The number of nitrogens with one attached hydrogen (secondary N) is 1. The molecule has 80 valence electrons. The maximum absolute atomic E-state index is 5.80. The van der Waals surface area contributed by atoms with Crippen LogP contribution in [0.1, 0.15) is 0 Å². The van der Waals surface area contributed by atoms with Crippen molar-refractivity contribution >= 4 is 27.5 Å². The lowest BCUT2D eigenvalue weighted by Crippen LogP contribution is -2.21. The molecule has 0 radical (unpaired) electrons. The van der Waals surface area contributed by atoms with Crippen LogP contribution < -0.4 is 10.1 Å². The van der Waals surface area contributed by atoms with Crippen LogP contribution in [-0.2, 0) is 0 Å². The van der Waals surface area contributed by atoms with Crippen LogP contribution in [0.3, 0.4) is 0 Å². The van der Waals surface area contributed by atoms with E-state index in [1.807, 2.05) is 6.07 Å². The molecule has 0 saturated heterocycles. The van der Waals surface area contributed by atoms with Crippen LogP contribution in [0.4, 0.5) is 0 Å². The molecule has 15 heavy (non-hydrogen) atoms. The topological polar surface area (TPSA) is 21.3 Å². The quantitative estimate of drug-likeness (QED) is 0.664. The zero-order valence-electron chi connectivity index (χ0n) is 8.09. The summed E-state index contributed by atoms with van der Waals surface area (Å²) < 4.78 is 6.36. The number of hydrogen-bond acceptors (Lipinski definition) is 2. The standard InChI is InChI=1S/C11H11BrClNO/c1-2-5-14-6-7-15-11-4-3-9(13)8-10(11)12/h1,3-4,8,14H,5-7H2. The van der Waals surface area contributed by atoms with E-state index in [2.05, 4.69) is 27.2 Å². The van der Waals surface area contributed by atoms with Crippen molar-refractivity contribution in [2.75, 3.05) is 19.7 Å².